The van der Waals surface area contributed by atoms with E-state index in [0.717, 1.165) is 0 Å². The van der Waals surface area contributed by atoms with Gasteiger partial charge in [-0.3, -0.25) is 0 Å². The lowest BCUT2D eigenvalue weighted by Gasteiger charge is -2.19. The van der Waals surface area contributed by atoms with Crippen LogP contribution in [0.3, 0.4) is 0 Å². The van der Waals surface area contributed by atoms with E-state index in [2.05, 4.69) is 6.58 Å². The Kier molecular flexibility index (Phi) is 2.55. The number of rotatable bonds is 3. The molecule has 1 atom stereocenters. The van der Waals surface area contributed by atoms with Crippen LogP contribution in [0.15, 0.2) is 12.8 Å². The molecule has 2 nitrogen and oxygen atoms in total. The third kappa shape index (κ3) is 2.64. The average Bonchev–Trinajstić information content (AvgIpc) is 1.67. The van der Waals surface area contributed by atoms with E-state index >= 15 is 0 Å². The summed E-state index contributed by atoms with van der Waals surface area (Å²) in [6.07, 6.45) is 1.81. The Morgan fingerprint density at radius 2 is 2.38 bits per heavy atom. The molecule has 0 aliphatic rings. The van der Waals surface area contributed by atoms with Gasteiger partial charge in [-0.15, -0.1) is 0 Å². The highest BCUT2D eigenvalue weighted by atomic mass is 16.6. The van der Waals surface area contributed by atoms with Gasteiger partial charge < -0.3 is 9.84 Å². The topological polar surface area (TPSA) is 29.5 Å². The van der Waals surface area contributed by atoms with Crippen molar-refractivity contribution in [1.82, 2.24) is 0 Å². The van der Waals surface area contributed by atoms with Gasteiger partial charge in [0, 0.05) is 13.3 Å². The lowest BCUT2D eigenvalue weighted by molar-refractivity contribution is -0.152. The highest BCUT2D eigenvalue weighted by Gasteiger charge is 2.15. The van der Waals surface area contributed by atoms with Gasteiger partial charge in [-0.2, -0.15) is 0 Å². The number of aliphatic hydroxyl groups is 1. The first-order valence-electron chi connectivity index (χ1n) is 2.63. The normalized spacial score (nSPS) is 16.9. The van der Waals surface area contributed by atoms with Crippen LogP contribution in [0, 0.1) is 0 Å². The summed E-state index contributed by atoms with van der Waals surface area (Å²) in [6, 6.07) is 0. The average molecular weight is 116 g/mol. The first kappa shape index (κ1) is 7.50. The van der Waals surface area contributed by atoms with Gasteiger partial charge in [-0.1, -0.05) is 13.5 Å². The summed E-state index contributed by atoms with van der Waals surface area (Å²) < 4.78 is 4.70. The van der Waals surface area contributed by atoms with Crippen molar-refractivity contribution in [2.24, 2.45) is 0 Å². The van der Waals surface area contributed by atoms with E-state index in [-0.39, 0.29) is 0 Å². The smallest absolute Gasteiger partial charge is 0.204 e. The molecule has 48 valence electrons. The second-order valence-corrected chi connectivity index (χ2v) is 1.81. The van der Waals surface area contributed by atoms with Gasteiger partial charge >= 0.3 is 0 Å². The first-order valence-corrected chi connectivity index (χ1v) is 2.63. The molecule has 1 unspecified atom stereocenters. The fourth-order valence-electron chi connectivity index (χ4n) is 0.263. The first-order chi connectivity index (χ1) is 3.62. The zero-order valence-electron chi connectivity index (χ0n) is 5.35. The van der Waals surface area contributed by atoms with Gasteiger partial charge in [0.05, 0.1) is 6.26 Å². The molecule has 0 aliphatic carbocycles. The fourth-order valence-corrected chi connectivity index (χ4v) is 0.263. The SMILES string of the molecule is C=COC(C)(O)CC. The molecule has 0 amide bonds. The van der Waals surface area contributed by atoms with E-state index in [0.29, 0.717) is 6.42 Å². The highest BCUT2D eigenvalue weighted by molar-refractivity contribution is 4.61. The van der Waals surface area contributed by atoms with E-state index in [9.17, 15) is 0 Å². The summed E-state index contributed by atoms with van der Waals surface area (Å²) in [6.45, 7) is 6.74. The Balaban J connectivity index is 3.53. The third-order valence-electron chi connectivity index (χ3n) is 0.993. The zero-order valence-corrected chi connectivity index (χ0v) is 5.35. The molecule has 0 heterocycles. The van der Waals surface area contributed by atoms with Crippen LogP contribution in [0.5, 0.6) is 0 Å². The molecule has 0 aromatic heterocycles. The Morgan fingerprint density at radius 3 is 2.50 bits per heavy atom. The van der Waals surface area contributed by atoms with Crippen LogP contribution in [-0.2, 0) is 4.74 Å². The second-order valence-electron chi connectivity index (χ2n) is 1.81. The van der Waals surface area contributed by atoms with Gasteiger partial charge in [0.1, 0.15) is 0 Å². The molecule has 0 radical (unpaired) electrons. The van der Waals surface area contributed by atoms with Crippen molar-refractivity contribution in [3.63, 3.8) is 0 Å². The minimum atomic E-state index is -1.03. The lowest BCUT2D eigenvalue weighted by Crippen LogP contribution is -2.23. The van der Waals surface area contributed by atoms with Crippen molar-refractivity contribution in [2.45, 2.75) is 26.1 Å². The molecule has 0 aromatic rings. The van der Waals surface area contributed by atoms with Crippen LogP contribution < -0.4 is 0 Å². The summed E-state index contributed by atoms with van der Waals surface area (Å²) in [4.78, 5) is 0. The zero-order chi connectivity index (χ0) is 6.62. The molecular formula is C6H12O2. The van der Waals surface area contributed by atoms with Crippen molar-refractivity contribution in [3.8, 4) is 0 Å². The Labute approximate surface area is 49.8 Å². The van der Waals surface area contributed by atoms with Crippen LogP contribution in [0.25, 0.3) is 0 Å². The molecule has 0 aromatic carbocycles. The summed E-state index contributed by atoms with van der Waals surface area (Å²) in [5.41, 5.74) is 0. The van der Waals surface area contributed by atoms with Crippen LogP contribution in [0.1, 0.15) is 20.3 Å². The van der Waals surface area contributed by atoms with Crippen molar-refractivity contribution in [3.05, 3.63) is 12.8 Å². The van der Waals surface area contributed by atoms with Crippen LogP contribution >= 0.6 is 0 Å². The third-order valence-corrected chi connectivity index (χ3v) is 0.993. The van der Waals surface area contributed by atoms with Crippen LogP contribution in [0.4, 0.5) is 0 Å². The van der Waals surface area contributed by atoms with Crippen molar-refractivity contribution < 1.29 is 9.84 Å². The van der Waals surface area contributed by atoms with E-state index in [1.54, 1.807) is 6.92 Å². The van der Waals surface area contributed by atoms with Crippen molar-refractivity contribution >= 4 is 0 Å². The Morgan fingerprint density at radius 1 is 1.88 bits per heavy atom. The largest absolute Gasteiger partial charge is 0.471 e. The molecule has 0 fully saturated rings. The van der Waals surface area contributed by atoms with Crippen LogP contribution in [-0.4, -0.2) is 10.9 Å². The van der Waals surface area contributed by atoms with Gasteiger partial charge in [0.15, 0.2) is 0 Å². The van der Waals surface area contributed by atoms with E-state index in [4.69, 9.17) is 9.84 Å². The summed E-state index contributed by atoms with van der Waals surface area (Å²) in [7, 11) is 0. The predicted octanol–water partition coefficient (Wildman–Crippen LogP) is 1.26. The van der Waals surface area contributed by atoms with Gasteiger partial charge in [0.25, 0.3) is 0 Å². The molecule has 0 saturated carbocycles. The molecule has 8 heavy (non-hydrogen) atoms. The summed E-state index contributed by atoms with van der Waals surface area (Å²) in [5.74, 6) is -1.03. The van der Waals surface area contributed by atoms with E-state index in [1.165, 1.54) is 6.26 Å². The molecule has 0 rings (SSSR count). The number of hydrogen-bond acceptors (Lipinski definition) is 2. The maximum atomic E-state index is 9.03. The minimum Gasteiger partial charge on any atom is -0.471 e. The highest BCUT2D eigenvalue weighted by Crippen LogP contribution is 2.08. The molecular weight excluding hydrogens is 104 g/mol. The Hall–Kier alpha value is -0.500. The van der Waals surface area contributed by atoms with Crippen molar-refractivity contribution in [2.75, 3.05) is 0 Å². The fraction of sp³-hybridized carbons (Fsp3) is 0.667. The predicted molar refractivity (Wildman–Crippen MR) is 32.2 cm³/mol. The second kappa shape index (κ2) is 2.72. The van der Waals surface area contributed by atoms with Gasteiger partial charge in [0.2, 0.25) is 5.79 Å². The molecule has 0 bridgehead atoms. The maximum absolute atomic E-state index is 9.03. The minimum absolute atomic E-state index is 0.568. The Bertz CT molecular complexity index is 76.6. The number of ether oxygens (including phenoxy) is 1. The van der Waals surface area contributed by atoms with Crippen LogP contribution in [0.2, 0.25) is 0 Å². The summed E-state index contributed by atoms with van der Waals surface area (Å²) in [5, 5.41) is 9.03. The maximum Gasteiger partial charge on any atom is 0.204 e. The molecule has 0 saturated heterocycles. The molecule has 0 spiro atoms. The number of hydrogen-bond donors (Lipinski definition) is 1. The standard InChI is InChI=1S/C6H12O2/c1-4-6(3,7)8-5-2/h5,7H,2,4H2,1,3H3. The molecule has 0 aliphatic heterocycles. The van der Waals surface area contributed by atoms with E-state index in [1.807, 2.05) is 6.92 Å². The van der Waals surface area contributed by atoms with Gasteiger partial charge in [-0.05, 0) is 0 Å². The van der Waals surface area contributed by atoms with E-state index < -0.39 is 5.79 Å². The lowest BCUT2D eigenvalue weighted by atomic mass is 10.2. The molecule has 2 heteroatoms. The molecule has 1 N–H and O–H groups in total. The monoisotopic (exact) mass is 116 g/mol. The quantitative estimate of drug-likeness (QED) is 0.444. The van der Waals surface area contributed by atoms with Crippen molar-refractivity contribution in [1.29, 1.82) is 0 Å². The van der Waals surface area contributed by atoms with Gasteiger partial charge in [-0.25, -0.2) is 0 Å². The summed E-state index contributed by atoms with van der Waals surface area (Å²) >= 11 is 0.